The smallest absolute Gasteiger partial charge is 0.408 e. The van der Waals surface area contributed by atoms with Gasteiger partial charge in [-0.15, -0.1) is 0 Å². The van der Waals surface area contributed by atoms with Gasteiger partial charge < -0.3 is 35.5 Å². The molecule has 0 aliphatic rings. The highest BCUT2D eigenvalue weighted by Crippen LogP contribution is 2.10. The standard InChI is InChI=1S/C29H44N4O9/c1-9-17(2)23(27(38)40-8)33-25(36)18(3)30-26(37)21(15-22(34)41-16-20-13-11-10-12-14-20)32-24(35)19(4)31-28(39)42-29(5,6)7/h10-14,17-19,21,23H,9,15-16H2,1-8H3,(H,30,37)(H,31,39)(H,32,35)(H,33,36)/t17-,18-,19-,21-,23-/m0/s1. The zero-order chi connectivity index (χ0) is 32.0. The molecule has 1 aromatic rings. The quantitative estimate of drug-likeness (QED) is 0.185. The molecule has 42 heavy (non-hydrogen) atoms. The normalized spacial score (nSPS) is 14.6. The third kappa shape index (κ3) is 13.0. The number of carbonyl (C=O) groups excluding carboxylic acids is 6. The lowest BCUT2D eigenvalue weighted by Gasteiger charge is -2.26. The Hall–Kier alpha value is -4.16. The number of carbonyl (C=O) groups is 6. The average molecular weight is 593 g/mol. The molecule has 234 valence electrons. The van der Waals surface area contributed by atoms with Crippen LogP contribution < -0.4 is 21.3 Å². The number of nitrogens with one attached hydrogen (secondary N) is 4. The third-order valence-electron chi connectivity index (χ3n) is 6.09. The van der Waals surface area contributed by atoms with E-state index in [1.165, 1.54) is 21.0 Å². The second kappa shape index (κ2) is 16.9. The SMILES string of the molecule is CC[C@H](C)[C@H](NC(=O)[C@H](C)NC(=O)[C@H](CC(=O)OCc1ccccc1)NC(=O)[C@H](C)NC(=O)OC(C)(C)C)C(=O)OC. The molecule has 13 nitrogen and oxygen atoms in total. The Labute approximate surface area is 246 Å². The van der Waals surface area contributed by atoms with Crippen molar-refractivity contribution in [2.45, 2.75) is 97.7 Å². The molecule has 5 atom stereocenters. The molecule has 1 aromatic carbocycles. The van der Waals surface area contributed by atoms with Gasteiger partial charge in [-0.2, -0.15) is 0 Å². The molecule has 0 heterocycles. The van der Waals surface area contributed by atoms with Crippen molar-refractivity contribution in [2.24, 2.45) is 5.92 Å². The van der Waals surface area contributed by atoms with E-state index in [0.29, 0.717) is 6.42 Å². The first-order valence-electron chi connectivity index (χ1n) is 13.8. The molecule has 0 saturated carbocycles. The number of esters is 2. The van der Waals surface area contributed by atoms with Gasteiger partial charge in [0.1, 0.15) is 36.4 Å². The molecule has 0 bridgehead atoms. The summed E-state index contributed by atoms with van der Waals surface area (Å²) < 4.78 is 15.2. The minimum Gasteiger partial charge on any atom is -0.467 e. The molecule has 4 amide bonds. The predicted molar refractivity (Wildman–Crippen MR) is 153 cm³/mol. The summed E-state index contributed by atoms with van der Waals surface area (Å²) in [5.41, 5.74) is -0.0817. The topological polar surface area (TPSA) is 178 Å². The van der Waals surface area contributed by atoms with Crippen LogP contribution in [0.25, 0.3) is 0 Å². The van der Waals surface area contributed by atoms with E-state index in [1.54, 1.807) is 58.0 Å². The maximum absolute atomic E-state index is 13.2. The van der Waals surface area contributed by atoms with Crippen LogP contribution in [0, 0.1) is 5.92 Å². The minimum absolute atomic E-state index is 0.0537. The molecule has 0 radical (unpaired) electrons. The number of hydrogen-bond acceptors (Lipinski definition) is 9. The molecular formula is C29H44N4O9. The van der Waals surface area contributed by atoms with Gasteiger partial charge in [0.25, 0.3) is 0 Å². The summed E-state index contributed by atoms with van der Waals surface area (Å²) in [4.78, 5) is 75.7. The second-order valence-corrected chi connectivity index (χ2v) is 10.9. The Morgan fingerprint density at radius 1 is 0.810 bits per heavy atom. The fourth-order valence-electron chi connectivity index (χ4n) is 3.47. The lowest BCUT2D eigenvalue weighted by Crippen LogP contribution is -2.57. The summed E-state index contributed by atoms with van der Waals surface area (Å²) in [5.74, 6) is -3.96. The van der Waals surface area contributed by atoms with Gasteiger partial charge in [-0.3, -0.25) is 19.2 Å². The first kappa shape index (κ1) is 35.9. The van der Waals surface area contributed by atoms with Crippen molar-refractivity contribution >= 4 is 35.8 Å². The summed E-state index contributed by atoms with van der Waals surface area (Å²) in [6, 6.07) is 4.20. The fourth-order valence-corrected chi connectivity index (χ4v) is 3.47. The molecule has 0 saturated heterocycles. The van der Waals surface area contributed by atoms with Crippen LogP contribution in [-0.4, -0.2) is 72.6 Å². The monoisotopic (exact) mass is 592 g/mol. The van der Waals surface area contributed by atoms with E-state index in [2.05, 4.69) is 21.3 Å². The zero-order valence-corrected chi connectivity index (χ0v) is 25.6. The van der Waals surface area contributed by atoms with Gasteiger partial charge in [-0.05, 0) is 46.1 Å². The minimum atomic E-state index is -1.45. The predicted octanol–water partition coefficient (Wildman–Crippen LogP) is 1.73. The summed E-state index contributed by atoms with van der Waals surface area (Å²) >= 11 is 0. The number of ether oxygens (including phenoxy) is 3. The molecule has 0 aliphatic carbocycles. The van der Waals surface area contributed by atoms with Gasteiger partial charge in [0.05, 0.1) is 13.5 Å². The second-order valence-electron chi connectivity index (χ2n) is 10.9. The van der Waals surface area contributed by atoms with E-state index in [1.807, 2.05) is 6.92 Å². The first-order valence-corrected chi connectivity index (χ1v) is 13.8. The average Bonchev–Trinajstić information content (AvgIpc) is 2.92. The van der Waals surface area contributed by atoms with E-state index in [-0.39, 0.29) is 12.5 Å². The van der Waals surface area contributed by atoms with E-state index in [9.17, 15) is 28.8 Å². The molecule has 4 N–H and O–H groups in total. The highest BCUT2D eigenvalue weighted by molar-refractivity contribution is 5.96. The van der Waals surface area contributed by atoms with Gasteiger partial charge in [0.15, 0.2) is 0 Å². The van der Waals surface area contributed by atoms with Crippen molar-refractivity contribution in [3.8, 4) is 0 Å². The van der Waals surface area contributed by atoms with Crippen molar-refractivity contribution in [2.75, 3.05) is 7.11 Å². The van der Waals surface area contributed by atoms with Crippen molar-refractivity contribution < 1.29 is 43.0 Å². The van der Waals surface area contributed by atoms with Gasteiger partial charge in [0.2, 0.25) is 17.7 Å². The number of benzene rings is 1. The Morgan fingerprint density at radius 2 is 1.38 bits per heavy atom. The largest absolute Gasteiger partial charge is 0.467 e. The lowest BCUT2D eigenvalue weighted by atomic mass is 9.99. The Morgan fingerprint density at radius 3 is 1.93 bits per heavy atom. The first-order chi connectivity index (χ1) is 19.6. The van der Waals surface area contributed by atoms with Crippen LogP contribution in [-0.2, 0) is 44.8 Å². The number of methoxy groups -OCH3 is 1. The fraction of sp³-hybridized carbons (Fsp3) is 0.586. The van der Waals surface area contributed by atoms with Crippen molar-refractivity contribution in [1.29, 1.82) is 0 Å². The molecule has 13 heteroatoms. The van der Waals surface area contributed by atoms with Gasteiger partial charge >= 0.3 is 18.0 Å². The number of rotatable bonds is 14. The summed E-state index contributed by atoms with van der Waals surface area (Å²) in [6.07, 6.45) is -0.828. The summed E-state index contributed by atoms with van der Waals surface area (Å²) in [7, 11) is 1.21. The van der Waals surface area contributed by atoms with Crippen LogP contribution in [0.4, 0.5) is 4.79 Å². The van der Waals surface area contributed by atoms with E-state index in [0.717, 1.165) is 5.56 Å². The molecule has 1 rings (SSSR count). The molecule has 0 fully saturated rings. The van der Waals surface area contributed by atoms with Crippen LogP contribution in [0.3, 0.4) is 0 Å². The highest BCUT2D eigenvalue weighted by Gasteiger charge is 2.32. The Bertz CT molecular complexity index is 1090. The summed E-state index contributed by atoms with van der Waals surface area (Å²) in [5, 5.41) is 9.82. The summed E-state index contributed by atoms with van der Waals surface area (Å²) in [6.45, 7) is 11.3. The van der Waals surface area contributed by atoms with E-state index >= 15 is 0 Å². The Kier molecular flexibility index (Phi) is 14.5. The van der Waals surface area contributed by atoms with Crippen molar-refractivity contribution in [1.82, 2.24) is 21.3 Å². The molecule has 0 aliphatic heterocycles. The van der Waals surface area contributed by atoms with Gasteiger partial charge in [0, 0.05) is 0 Å². The number of alkyl carbamates (subject to hydrolysis) is 1. The molecule has 0 unspecified atom stereocenters. The van der Waals surface area contributed by atoms with Crippen LogP contribution in [0.1, 0.15) is 66.9 Å². The van der Waals surface area contributed by atoms with Crippen LogP contribution in [0.5, 0.6) is 0 Å². The Balaban J connectivity index is 2.99. The van der Waals surface area contributed by atoms with Crippen molar-refractivity contribution in [3.05, 3.63) is 35.9 Å². The molecule has 0 spiro atoms. The maximum atomic E-state index is 13.2. The maximum Gasteiger partial charge on any atom is 0.408 e. The van der Waals surface area contributed by atoms with Crippen LogP contribution in [0.2, 0.25) is 0 Å². The zero-order valence-electron chi connectivity index (χ0n) is 25.6. The van der Waals surface area contributed by atoms with Gasteiger partial charge in [-0.1, -0.05) is 50.6 Å². The van der Waals surface area contributed by atoms with Crippen LogP contribution in [0.15, 0.2) is 30.3 Å². The number of amides is 4. The number of hydrogen-bond donors (Lipinski definition) is 4. The molecule has 0 aromatic heterocycles. The highest BCUT2D eigenvalue weighted by atomic mass is 16.6. The van der Waals surface area contributed by atoms with Crippen molar-refractivity contribution in [3.63, 3.8) is 0 Å². The molecular weight excluding hydrogens is 548 g/mol. The van der Waals surface area contributed by atoms with Crippen LogP contribution >= 0.6 is 0 Å². The third-order valence-corrected chi connectivity index (χ3v) is 6.09. The van der Waals surface area contributed by atoms with Gasteiger partial charge in [-0.25, -0.2) is 9.59 Å². The van der Waals surface area contributed by atoms with E-state index < -0.39 is 71.9 Å². The van der Waals surface area contributed by atoms with E-state index in [4.69, 9.17) is 14.2 Å². The lowest BCUT2D eigenvalue weighted by molar-refractivity contribution is -0.148.